The van der Waals surface area contributed by atoms with Gasteiger partial charge < -0.3 is 4.42 Å². The van der Waals surface area contributed by atoms with Gasteiger partial charge in [0, 0.05) is 12.5 Å². The third kappa shape index (κ3) is 2.43. The fraction of sp³-hybridized carbons (Fsp3) is 0.400. The third-order valence-electron chi connectivity index (χ3n) is 3.68. The van der Waals surface area contributed by atoms with Crippen molar-refractivity contribution in [1.29, 1.82) is 0 Å². The molecule has 1 aromatic carbocycles. The molecule has 1 aliphatic rings. The smallest absolute Gasteiger partial charge is 0.322 e. The van der Waals surface area contributed by atoms with E-state index in [1.807, 2.05) is 13.0 Å². The second kappa shape index (κ2) is 5.07. The number of aryl methyl sites for hydroxylation is 4. The van der Waals surface area contributed by atoms with Crippen molar-refractivity contribution in [2.24, 2.45) is 0 Å². The average molecular weight is 271 g/mol. The molecule has 0 unspecified atom stereocenters. The molecule has 0 spiro atoms. The first kappa shape index (κ1) is 12.8. The summed E-state index contributed by atoms with van der Waals surface area (Å²) in [7, 11) is 0. The molecule has 1 N–H and O–H groups in total. The van der Waals surface area contributed by atoms with Crippen LogP contribution in [-0.2, 0) is 12.8 Å². The second-order valence-corrected chi connectivity index (χ2v) is 5.22. The van der Waals surface area contributed by atoms with Crippen LogP contribution in [0, 0.1) is 13.8 Å². The Kier molecular flexibility index (Phi) is 3.26. The molecule has 0 fully saturated rings. The summed E-state index contributed by atoms with van der Waals surface area (Å²) in [5.74, 6) is 0.238. The summed E-state index contributed by atoms with van der Waals surface area (Å²) in [6, 6.07) is 4.27. The monoisotopic (exact) mass is 271 g/mol. The van der Waals surface area contributed by atoms with Crippen LogP contribution < -0.4 is 5.32 Å². The molecule has 5 heteroatoms. The highest BCUT2D eigenvalue weighted by Crippen LogP contribution is 2.25. The van der Waals surface area contributed by atoms with Crippen molar-refractivity contribution in [3.63, 3.8) is 0 Å². The van der Waals surface area contributed by atoms with Crippen molar-refractivity contribution < 1.29 is 9.21 Å². The maximum Gasteiger partial charge on any atom is 0.322 e. The number of aromatic nitrogens is 2. The van der Waals surface area contributed by atoms with Crippen LogP contribution in [0.25, 0.3) is 0 Å². The summed E-state index contributed by atoms with van der Waals surface area (Å²) >= 11 is 0. The molecule has 5 nitrogen and oxygen atoms in total. The summed E-state index contributed by atoms with van der Waals surface area (Å²) in [5.41, 5.74) is 4.33. The van der Waals surface area contributed by atoms with Crippen LogP contribution in [0.15, 0.2) is 16.5 Å². The summed E-state index contributed by atoms with van der Waals surface area (Å²) in [6.07, 6.45) is 4.59. The van der Waals surface area contributed by atoms with Crippen LogP contribution in [0.4, 0.5) is 6.01 Å². The summed E-state index contributed by atoms with van der Waals surface area (Å²) < 4.78 is 5.17. The SMILES string of the molecule is Cc1nnc(NC(=O)c2cc3c(cc2C)CCCC3)o1. The molecule has 0 saturated heterocycles. The molecule has 3 rings (SSSR count). The lowest BCUT2D eigenvalue weighted by Crippen LogP contribution is -2.15. The van der Waals surface area contributed by atoms with Gasteiger partial charge >= 0.3 is 6.01 Å². The summed E-state index contributed by atoms with van der Waals surface area (Å²) in [6.45, 7) is 3.65. The fourth-order valence-electron chi connectivity index (χ4n) is 2.67. The standard InChI is InChI=1S/C15H17N3O2/c1-9-7-11-5-3-4-6-12(11)8-13(9)14(19)16-15-18-17-10(2)20-15/h7-8H,3-6H2,1-2H3,(H,16,18,19). The lowest BCUT2D eigenvalue weighted by atomic mass is 9.88. The van der Waals surface area contributed by atoms with Crippen LogP contribution in [0.1, 0.15) is 45.8 Å². The Morgan fingerprint density at radius 2 is 1.85 bits per heavy atom. The Labute approximate surface area is 117 Å². The minimum Gasteiger partial charge on any atom is -0.408 e. The van der Waals surface area contributed by atoms with E-state index in [0.717, 1.165) is 18.4 Å². The van der Waals surface area contributed by atoms with Gasteiger partial charge in [0.25, 0.3) is 5.91 Å². The van der Waals surface area contributed by atoms with Gasteiger partial charge in [0.1, 0.15) is 0 Å². The molecule has 0 saturated carbocycles. The number of carbonyl (C=O) groups is 1. The number of rotatable bonds is 2. The van der Waals surface area contributed by atoms with Gasteiger partial charge in [-0.2, -0.15) is 0 Å². The Morgan fingerprint density at radius 3 is 2.50 bits per heavy atom. The van der Waals surface area contributed by atoms with Gasteiger partial charge in [-0.05, 0) is 55.4 Å². The molecule has 1 aliphatic carbocycles. The Hall–Kier alpha value is -2.17. The normalized spacial score (nSPS) is 13.9. The van der Waals surface area contributed by atoms with Crippen LogP contribution >= 0.6 is 0 Å². The van der Waals surface area contributed by atoms with E-state index in [0.29, 0.717) is 11.5 Å². The van der Waals surface area contributed by atoms with Crippen molar-refractivity contribution >= 4 is 11.9 Å². The highest BCUT2D eigenvalue weighted by atomic mass is 16.4. The number of fused-ring (bicyclic) bond motifs is 1. The maximum absolute atomic E-state index is 12.3. The van der Waals surface area contributed by atoms with E-state index >= 15 is 0 Å². The highest BCUT2D eigenvalue weighted by Gasteiger charge is 2.17. The number of carbonyl (C=O) groups excluding carboxylic acids is 1. The molecule has 0 atom stereocenters. The lowest BCUT2D eigenvalue weighted by Gasteiger charge is -2.18. The number of hydrogen-bond acceptors (Lipinski definition) is 4. The molecular formula is C15H17N3O2. The van der Waals surface area contributed by atoms with Crippen LogP contribution in [0.2, 0.25) is 0 Å². The number of anilines is 1. The molecule has 104 valence electrons. The number of amides is 1. The molecule has 1 heterocycles. The molecule has 0 radical (unpaired) electrons. The first-order chi connectivity index (χ1) is 9.63. The lowest BCUT2D eigenvalue weighted by molar-refractivity contribution is 0.102. The molecule has 2 aromatic rings. The zero-order chi connectivity index (χ0) is 14.1. The van der Waals surface area contributed by atoms with Crippen molar-refractivity contribution in [3.05, 3.63) is 40.3 Å². The zero-order valence-corrected chi connectivity index (χ0v) is 11.7. The van der Waals surface area contributed by atoms with Gasteiger partial charge in [-0.3, -0.25) is 10.1 Å². The van der Waals surface area contributed by atoms with E-state index in [-0.39, 0.29) is 11.9 Å². The Balaban J connectivity index is 1.87. The van der Waals surface area contributed by atoms with Crippen LogP contribution in [0.5, 0.6) is 0 Å². The first-order valence-corrected chi connectivity index (χ1v) is 6.87. The largest absolute Gasteiger partial charge is 0.408 e. The van der Waals surface area contributed by atoms with Crippen molar-refractivity contribution in [3.8, 4) is 0 Å². The molecule has 20 heavy (non-hydrogen) atoms. The number of hydrogen-bond donors (Lipinski definition) is 1. The molecule has 0 aliphatic heterocycles. The van der Waals surface area contributed by atoms with E-state index < -0.39 is 0 Å². The van der Waals surface area contributed by atoms with E-state index in [9.17, 15) is 4.79 Å². The van der Waals surface area contributed by atoms with Crippen LogP contribution in [-0.4, -0.2) is 16.1 Å². The van der Waals surface area contributed by atoms with Gasteiger partial charge in [0.05, 0.1) is 0 Å². The number of nitrogens with zero attached hydrogens (tertiary/aromatic N) is 2. The van der Waals surface area contributed by atoms with Gasteiger partial charge in [-0.25, -0.2) is 0 Å². The van der Waals surface area contributed by atoms with Gasteiger partial charge in [-0.1, -0.05) is 11.2 Å². The predicted molar refractivity (Wildman–Crippen MR) is 74.8 cm³/mol. The molecule has 1 aromatic heterocycles. The first-order valence-electron chi connectivity index (χ1n) is 6.87. The average Bonchev–Trinajstić information content (AvgIpc) is 2.83. The van der Waals surface area contributed by atoms with E-state index in [4.69, 9.17) is 4.42 Å². The highest BCUT2D eigenvalue weighted by molar-refractivity contribution is 6.04. The van der Waals surface area contributed by atoms with Gasteiger partial charge in [-0.15, -0.1) is 5.10 Å². The van der Waals surface area contributed by atoms with E-state index in [1.165, 1.54) is 24.0 Å². The van der Waals surface area contributed by atoms with Crippen molar-refractivity contribution in [1.82, 2.24) is 10.2 Å². The fourth-order valence-corrected chi connectivity index (χ4v) is 2.67. The number of benzene rings is 1. The van der Waals surface area contributed by atoms with Gasteiger partial charge in [0.2, 0.25) is 5.89 Å². The summed E-state index contributed by atoms with van der Waals surface area (Å²) in [5, 5.41) is 10.1. The minimum absolute atomic E-state index is 0.143. The molecule has 0 bridgehead atoms. The van der Waals surface area contributed by atoms with Crippen LogP contribution in [0.3, 0.4) is 0 Å². The minimum atomic E-state index is -0.195. The van der Waals surface area contributed by atoms with Crippen molar-refractivity contribution in [2.75, 3.05) is 5.32 Å². The van der Waals surface area contributed by atoms with E-state index in [1.54, 1.807) is 6.92 Å². The number of nitrogens with one attached hydrogen (secondary N) is 1. The predicted octanol–water partition coefficient (Wildman–Crippen LogP) is 2.82. The molecule has 1 amide bonds. The zero-order valence-electron chi connectivity index (χ0n) is 11.7. The third-order valence-corrected chi connectivity index (χ3v) is 3.68. The maximum atomic E-state index is 12.3. The molecular weight excluding hydrogens is 254 g/mol. The topological polar surface area (TPSA) is 68.0 Å². The Morgan fingerprint density at radius 1 is 1.15 bits per heavy atom. The quantitative estimate of drug-likeness (QED) is 0.912. The van der Waals surface area contributed by atoms with Crippen molar-refractivity contribution in [2.45, 2.75) is 39.5 Å². The second-order valence-electron chi connectivity index (χ2n) is 5.22. The summed E-state index contributed by atoms with van der Waals surface area (Å²) in [4.78, 5) is 12.3. The van der Waals surface area contributed by atoms with Gasteiger partial charge in [0.15, 0.2) is 0 Å². The Bertz CT molecular complexity index is 661. The van der Waals surface area contributed by atoms with E-state index in [2.05, 4.69) is 21.6 Å².